The van der Waals surface area contributed by atoms with E-state index in [1.807, 2.05) is 12.1 Å². The van der Waals surface area contributed by atoms with Crippen molar-refractivity contribution in [3.63, 3.8) is 0 Å². The molecule has 1 aromatic carbocycles. The van der Waals surface area contributed by atoms with Crippen LogP contribution in [0.1, 0.15) is 52.0 Å². The van der Waals surface area contributed by atoms with E-state index in [-0.39, 0.29) is 17.7 Å². The third kappa shape index (κ3) is 5.58. The lowest BCUT2D eigenvalue weighted by molar-refractivity contribution is 0.354. The molecular formula is C18H29NO2S. The number of hydrogen-bond acceptors (Lipinski definition) is 3. The summed E-state index contributed by atoms with van der Waals surface area (Å²) in [7, 11) is -3.27. The third-order valence-corrected chi connectivity index (χ3v) is 5.67. The molecule has 0 heterocycles. The summed E-state index contributed by atoms with van der Waals surface area (Å²) in [6.07, 6.45) is 8.85. The van der Waals surface area contributed by atoms with Gasteiger partial charge in [0.15, 0.2) is 9.84 Å². The summed E-state index contributed by atoms with van der Waals surface area (Å²) in [5, 5.41) is 0. The molecule has 0 aliphatic rings. The van der Waals surface area contributed by atoms with E-state index < -0.39 is 9.84 Å². The van der Waals surface area contributed by atoms with Crippen molar-refractivity contribution in [3.8, 4) is 0 Å². The van der Waals surface area contributed by atoms with E-state index in [1.165, 1.54) is 0 Å². The zero-order valence-corrected chi connectivity index (χ0v) is 14.8. The lowest BCUT2D eigenvalue weighted by atomic mass is 9.81. The largest absolute Gasteiger partial charge is 0.329 e. The summed E-state index contributed by atoms with van der Waals surface area (Å²) >= 11 is 0. The van der Waals surface area contributed by atoms with Crippen molar-refractivity contribution in [2.24, 2.45) is 11.1 Å². The Morgan fingerprint density at radius 3 is 2.36 bits per heavy atom. The second kappa shape index (κ2) is 8.49. The van der Waals surface area contributed by atoms with E-state index in [9.17, 15) is 8.42 Å². The van der Waals surface area contributed by atoms with Gasteiger partial charge >= 0.3 is 0 Å². The van der Waals surface area contributed by atoms with Crippen LogP contribution in [0.2, 0.25) is 0 Å². The highest BCUT2D eigenvalue weighted by molar-refractivity contribution is 7.91. The topological polar surface area (TPSA) is 60.2 Å². The second-order valence-electron chi connectivity index (χ2n) is 6.17. The molecule has 0 amide bonds. The molecule has 1 aromatic rings. The molecule has 4 heteroatoms. The SMILES string of the molecule is CCCC(C)(C=Cc1cccc(S(=O)(=O)CCN)c1)CCC. The van der Waals surface area contributed by atoms with Gasteiger partial charge in [-0.3, -0.25) is 0 Å². The summed E-state index contributed by atoms with van der Waals surface area (Å²) in [6, 6.07) is 7.11. The first-order chi connectivity index (χ1) is 10.4. The van der Waals surface area contributed by atoms with E-state index in [1.54, 1.807) is 18.2 Å². The molecule has 0 radical (unpaired) electrons. The molecule has 0 spiro atoms. The Kier molecular flexibility index (Phi) is 7.30. The summed E-state index contributed by atoms with van der Waals surface area (Å²) in [6.45, 7) is 6.81. The molecule has 0 saturated carbocycles. The molecule has 0 saturated heterocycles. The molecule has 0 bridgehead atoms. The molecule has 3 nitrogen and oxygen atoms in total. The molecule has 0 aromatic heterocycles. The van der Waals surface area contributed by atoms with Crippen LogP contribution in [0.15, 0.2) is 35.2 Å². The first-order valence-corrected chi connectivity index (χ1v) is 9.74. The van der Waals surface area contributed by atoms with Gasteiger partial charge < -0.3 is 5.73 Å². The highest BCUT2D eigenvalue weighted by Gasteiger charge is 2.18. The van der Waals surface area contributed by atoms with Crippen LogP contribution in [-0.2, 0) is 9.84 Å². The van der Waals surface area contributed by atoms with Crippen LogP contribution in [-0.4, -0.2) is 20.7 Å². The summed E-state index contributed by atoms with van der Waals surface area (Å²) in [5.74, 6) is -0.0104. The summed E-state index contributed by atoms with van der Waals surface area (Å²) < 4.78 is 24.2. The lowest BCUT2D eigenvalue weighted by Crippen LogP contribution is -2.15. The zero-order chi connectivity index (χ0) is 16.6. The third-order valence-electron chi connectivity index (χ3n) is 3.92. The molecule has 2 N–H and O–H groups in total. The van der Waals surface area contributed by atoms with Gasteiger partial charge in [-0.25, -0.2) is 8.42 Å². The quantitative estimate of drug-likeness (QED) is 0.746. The number of benzene rings is 1. The highest BCUT2D eigenvalue weighted by Crippen LogP contribution is 2.31. The van der Waals surface area contributed by atoms with Crippen molar-refractivity contribution in [3.05, 3.63) is 35.9 Å². The van der Waals surface area contributed by atoms with Crippen LogP contribution < -0.4 is 5.73 Å². The predicted octanol–water partition coefficient (Wildman–Crippen LogP) is 4.04. The van der Waals surface area contributed by atoms with Crippen LogP contribution in [0.4, 0.5) is 0 Å². The maximum atomic E-state index is 12.1. The van der Waals surface area contributed by atoms with Crippen LogP contribution in [0, 0.1) is 5.41 Å². The van der Waals surface area contributed by atoms with Gasteiger partial charge in [0, 0.05) is 6.54 Å². The maximum Gasteiger partial charge on any atom is 0.179 e. The van der Waals surface area contributed by atoms with E-state index in [0.29, 0.717) is 4.90 Å². The van der Waals surface area contributed by atoms with Crippen molar-refractivity contribution in [2.75, 3.05) is 12.3 Å². The van der Waals surface area contributed by atoms with E-state index in [2.05, 4.69) is 26.8 Å². The molecular weight excluding hydrogens is 294 g/mol. The van der Waals surface area contributed by atoms with E-state index >= 15 is 0 Å². The van der Waals surface area contributed by atoms with Crippen LogP contribution in [0.3, 0.4) is 0 Å². The standard InChI is InChI=1S/C18H29NO2S/c1-4-10-18(3,11-5-2)12-9-16-7-6-8-17(15-16)22(20,21)14-13-19/h6-9,12,15H,4-5,10-11,13-14,19H2,1-3H3. The van der Waals surface area contributed by atoms with Gasteiger partial charge in [-0.1, -0.05) is 57.9 Å². The van der Waals surface area contributed by atoms with Gasteiger partial charge in [-0.2, -0.15) is 0 Å². The molecule has 22 heavy (non-hydrogen) atoms. The smallest absolute Gasteiger partial charge is 0.179 e. The minimum Gasteiger partial charge on any atom is -0.329 e. The van der Waals surface area contributed by atoms with Gasteiger partial charge in [-0.05, 0) is 36.0 Å². The minimum absolute atomic E-state index is 0.0104. The molecule has 1 rings (SSSR count). The molecule has 124 valence electrons. The zero-order valence-electron chi connectivity index (χ0n) is 14.0. The second-order valence-corrected chi connectivity index (χ2v) is 8.28. The maximum absolute atomic E-state index is 12.1. The fourth-order valence-electron chi connectivity index (χ4n) is 2.82. The van der Waals surface area contributed by atoms with Crippen molar-refractivity contribution in [2.45, 2.75) is 51.3 Å². The Bertz CT molecular complexity index is 585. The van der Waals surface area contributed by atoms with Gasteiger partial charge in [0.25, 0.3) is 0 Å². The van der Waals surface area contributed by atoms with Crippen molar-refractivity contribution >= 4 is 15.9 Å². The van der Waals surface area contributed by atoms with Gasteiger partial charge in [-0.15, -0.1) is 0 Å². The Hall–Kier alpha value is -1.13. The Labute approximate surface area is 135 Å². The normalized spacial score (nSPS) is 12.9. The van der Waals surface area contributed by atoms with Crippen LogP contribution in [0.25, 0.3) is 6.08 Å². The van der Waals surface area contributed by atoms with Crippen LogP contribution in [0.5, 0.6) is 0 Å². The minimum atomic E-state index is -3.27. The number of sulfone groups is 1. The highest BCUT2D eigenvalue weighted by atomic mass is 32.2. The monoisotopic (exact) mass is 323 g/mol. The molecule has 0 atom stereocenters. The number of rotatable bonds is 9. The molecule has 0 fully saturated rings. The van der Waals surface area contributed by atoms with Crippen LogP contribution >= 0.6 is 0 Å². The molecule has 0 aliphatic heterocycles. The number of nitrogens with two attached hydrogens (primary N) is 1. The summed E-state index contributed by atoms with van der Waals surface area (Å²) in [4.78, 5) is 0.354. The Morgan fingerprint density at radius 1 is 1.18 bits per heavy atom. The van der Waals surface area contributed by atoms with Crippen molar-refractivity contribution in [1.82, 2.24) is 0 Å². The number of hydrogen-bond donors (Lipinski definition) is 1. The van der Waals surface area contributed by atoms with Gasteiger partial charge in [0.1, 0.15) is 0 Å². The first kappa shape index (κ1) is 18.9. The Morgan fingerprint density at radius 2 is 1.82 bits per heavy atom. The van der Waals surface area contributed by atoms with Gasteiger partial charge in [0.05, 0.1) is 10.6 Å². The lowest BCUT2D eigenvalue weighted by Gasteiger charge is -2.25. The molecule has 0 aliphatic carbocycles. The van der Waals surface area contributed by atoms with Gasteiger partial charge in [0.2, 0.25) is 0 Å². The Balaban J connectivity index is 3.01. The van der Waals surface area contributed by atoms with Crippen molar-refractivity contribution < 1.29 is 8.42 Å². The first-order valence-electron chi connectivity index (χ1n) is 8.09. The van der Waals surface area contributed by atoms with E-state index in [0.717, 1.165) is 31.2 Å². The predicted molar refractivity (Wildman–Crippen MR) is 94.5 cm³/mol. The van der Waals surface area contributed by atoms with Crippen molar-refractivity contribution in [1.29, 1.82) is 0 Å². The molecule has 0 unspecified atom stereocenters. The number of allylic oxidation sites excluding steroid dienone is 1. The van der Waals surface area contributed by atoms with E-state index in [4.69, 9.17) is 5.73 Å². The average molecular weight is 324 g/mol. The summed E-state index contributed by atoms with van der Waals surface area (Å²) in [5.41, 5.74) is 6.48. The average Bonchev–Trinajstić information content (AvgIpc) is 2.46. The fraction of sp³-hybridized carbons (Fsp3) is 0.556. The fourth-order valence-corrected chi connectivity index (χ4v) is 3.96.